The molecule has 6 rings (SSSR count). The fourth-order valence-corrected chi connectivity index (χ4v) is 5.97. The number of rotatable bonds is 7. The number of benzene rings is 4. The van der Waals surface area contributed by atoms with Gasteiger partial charge in [0, 0.05) is 21.9 Å². The number of thiazole rings is 2. The summed E-state index contributed by atoms with van der Waals surface area (Å²) in [5.74, 6) is 0. The third kappa shape index (κ3) is 5.20. The van der Waals surface area contributed by atoms with Gasteiger partial charge in [0.05, 0.1) is 11.4 Å². The molecule has 0 aliphatic heterocycles. The minimum Gasteiger partial charge on any atom is -0.233 e. The highest BCUT2D eigenvalue weighted by Gasteiger charge is 2.12. The first-order valence-corrected chi connectivity index (χ1v) is 13.7. The zero-order valence-electron chi connectivity index (χ0n) is 19.7. The number of hydrogen-bond donors (Lipinski definition) is 0. The van der Waals surface area contributed by atoms with E-state index in [1.165, 1.54) is 22.3 Å². The SMILES string of the molecule is c1ccc(Cc2ccc(-c3csc(-c4nc(-c5ccc(Cc6ccccc6)cc5)cs4)n3)cc2)cc1. The van der Waals surface area contributed by atoms with E-state index in [0.717, 1.165) is 45.4 Å². The summed E-state index contributed by atoms with van der Waals surface area (Å²) in [6, 6.07) is 38.6. The third-order valence-corrected chi connectivity index (χ3v) is 8.02. The maximum atomic E-state index is 4.90. The lowest BCUT2D eigenvalue weighted by Crippen LogP contribution is -1.88. The molecule has 36 heavy (non-hydrogen) atoms. The van der Waals surface area contributed by atoms with Crippen LogP contribution in [-0.4, -0.2) is 9.97 Å². The van der Waals surface area contributed by atoms with Crippen molar-refractivity contribution in [1.29, 1.82) is 0 Å². The lowest BCUT2D eigenvalue weighted by atomic mass is 10.0. The van der Waals surface area contributed by atoms with Gasteiger partial charge in [-0.2, -0.15) is 0 Å². The molecule has 2 aromatic heterocycles. The molecule has 0 atom stereocenters. The Morgan fingerprint density at radius 1 is 0.417 bits per heavy atom. The Balaban J connectivity index is 1.14. The van der Waals surface area contributed by atoms with Crippen LogP contribution in [0.1, 0.15) is 22.3 Å². The normalized spacial score (nSPS) is 11.0. The topological polar surface area (TPSA) is 25.8 Å². The summed E-state index contributed by atoms with van der Waals surface area (Å²) >= 11 is 3.31. The number of nitrogens with zero attached hydrogens (tertiary/aromatic N) is 2. The van der Waals surface area contributed by atoms with Gasteiger partial charge in [0.25, 0.3) is 0 Å². The van der Waals surface area contributed by atoms with E-state index < -0.39 is 0 Å². The quantitative estimate of drug-likeness (QED) is 0.219. The lowest BCUT2D eigenvalue weighted by molar-refractivity contribution is 1.19. The molecule has 0 amide bonds. The summed E-state index contributed by atoms with van der Waals surface area (Å²) in [4.78, 5) is 9.80. The molecular formula is C32H24N2S2. The molecule has 4 aromatic carbocycles. The van der Waals surface area contributed by atoms with Gasteiger partial charge in [-0.15, -0.1) is 22.7 Å². The van der Waals surface area contributed by atoms with Crippen molar-refractivity contribution in [3.8, 4) is 32.5 Å². The predicted molar refractivity (Wildman–Crippen MR) is 153 cm³/mol. The molecule has 2 nitrogen and oxygen atoms in total. The second-order valence-corrected chi connectivity index (χ2v) is 10.5. The Morgan fingerprint density at radius 2 is 0.778 bits per heavy atom. The molecule has 2 heterocycles. The first kappa shape index (κ1) is 22.6. The summed E-state index contributed by atoms with van der Waals surface area (Å²) in [6.45, 7) is 0. The lowest BCUT2D eigenvalue weighted by Gasteiger charge is -2.03. The Morgan fingerprint density at radius 3 is 1.17 bits per heavy atom. The molecule has 4 heteroatoms. The largest absolute Gasteiger partial charge is 0.233 e. The van der Waals surface area contributed by atoms with Crippen LogP contribution < -0.4 is 0 Å². The van der Waals surface area contributed by atoms with Crippen molar-refractivity contribution < 1.29 is 0 Å². The molecule has 0 saturated carbocycles. The van der Waals surface area contributed by atoms with Crippen LogP contribution in [0, 0.1) is 0 Å². The van der Waals surface area contributed by atoms with Crippen molar-refractivity contribution in [2.45, 2.75) is 12.8 Å². The second-order valence-electron chi connectivity index (χ2n) is 8.79. The van der Waals surface area contributed by atoms with Crippen LogP contribution in [0.25, 0.3) is 32.5 Å². The van der Waals surface area contributed by atoms with Gasteiger partial charge < -0.3 is 0 Å². The summed E-state index contributed by atoms with van der Waals surface area (Å²) in [5.41, 5.74) is 9.55. The van der Waals surface area contributed by atoms with Crippen LogP contribution in [0.2, 0.25) is 0 Å². The molecule has 0 spiro atoms. The van der Waals surface area contributed by atoms with Crippen molar-refractivity contribution >= 4 is 22.7 Å². The fraction of sp³-hybridized carbons (Fsp3) is 0.0625. The Labute approximate surface area is 219 Å². The van der Waals surface area contributed by atoms with Gasteiger partial charge in [0.1, 0.15) is 0 Å². The van der Waals surface area contributed by atoms with E-state index in [1.54, 1.807) is 22.7 Å². The van der Waals surface area contributed by atoms with Crippen LogP contribution in [0.3, 0.4) is 0 Å². The van der Waals surface area contributed by atoms with E-state index in [0.29, 0.717) is 0 Å². The predicted octanol–water partition coefficient (Wildman–Crippen LogP) is 8.78. The van der Waals surface area contributed by atoms with Gasteiger partial charge in [-0.25, -0.2) is 9.97 Å². The van der Waals surface area contributed by atoms with Crippen LogP contribution in [0.4, 0.5) is 0 Å². The van der Waals surface area contributed by atoms with E-state index in [-0.39, 0.29) is 0 Å². The highest BCUT2D eigenvalue weighted by molar-refractivity contribution is 7.20. The molecule has 174 valence electrons. The zero-order chi connectivity index (χ0) is 24.2. The first-order chi connectivity index (χ1) is 17.8. The van der Waals surface area contributed by atoms with E-state index >= 15 is 0 Å². The van der Waals surface area contributed by atoms with Crippen LogP contribution in [0.5, 0.6) is 0 Å². The van der Waals surface area contributed by atoms with Gasteiger partial charge in [-0.05, 0) is 35.1 Å². The fourth-order valence-electron chi connectivity index (χ4n) is 4.26. The Hall–Kier alpha value is -3.86. The first-order valence-electron chi connectivity index (χ1n) is 12.0. The summed E-state index contributed by atoms with van der Waals surface area (Å²) in [7, 11) is 0. The third-order valence-electron chi connectivity index (χ3n) is 6.19. The van der Waals surface area contributed by atoms with Crippen molar-refractivity contribution in [3.63, 3.8) is 0 Å². The summed E-state index contributed by atoms with van der Waals surface area (Å²) in [5, 5.41) is 6.19. The van der Waals surface area contributed by atoms with Gasteiger partial charge in [-0.3, -0.25) is 0 Å². The van der Waals surface area contributed by atoms with Crippen molar-refractivity contribution in [1.82, 2.24) is 9.97 Å². The molecule has 0 fully saturated rings. The molecule has 0 N–H and O–H groups in total. The number of hydrogen-bond acceptors (Lipinski definition) is 4. The average Bonchev–Trinajstić information content (AvgIpc) is 3.61. The van der Waals surface area contributed by atoms with Crippen molar-refractivity contribution in [2.24, 2.45) is 0 Å². The molecule has 6 aromatic rings. The summed E-state index contributed by atoms with van der Waals surface area (Å²) < 4.78 is 0. The molecule has 0 saturated heterocycles. The van der Waals surface area contributed by atoms with Crippen LogP contribution in [0.15, 0.2) is 120 Å². The molecule has 0 unspecified atom stereocenters. The highest BCUT2D eigenvalue weighted by Crippen LogP contribution is 2.33. The zero-order valence-corrected chi connectivity index (χ0v) is 21.3. The maximum Gasteiger partial charge on any atom is 0.152 e. The van der Waals surface area contributed by atoms with E-state index in [9.17, 15) is 0 Å². The Bertz CT molecular complexity index is 1430. The number of aromatic nitrogens is 2. The van der Waals surface area contributed by atoms with Gasteiger partial charge in [-0.1, -0.05) is 109 Å². The van der Waals surface area contributed by atoms with E-state index in [2.05, 4.69) is 120 Å². The standard InChI is InChI=1S/C32H24N2S2/c1-3-7-23(8-4-1)19-25-11-15-27(16-12-25)29-21-35-31(33-29)32-34-30(22-36-32)28-17-13-26(14-18-28)20-24-9-5-2-6-10-24/h1-18,21-22H,19-20H2. The monoisotopic (exact) mass is 500 g/mol. The van der Waals surface area contributed by atoms with Crippen LogP contribution in [-0.2, 0) is 12.8 Å². The second kappa shape index (κ2) is 10.4. The van der Waals surface area contributed by atoms with Crippen LogP contribution >= 0.6 is 22.7 Å². The van der Waals surface area contributed by atoms with Gasteiger partial charge >= 0.3 is 0 Å². The molecule has 0 aliphatic carbocycles. The van der Waals surface area contributed by atoms with E-state index in [1.807, 2.05) is 0 Å². The molecule has 0 radical (unpaired) electrons. The smallest absolute Gasteiger partial charge is 0.152 e. The maximum absolute atomic E-state index is 4.90. The van der Waals surface area contributed by atoms with E-state index in [4.69, 9.17) is 9.97 Å². The Kier molecular flexibility index (Phi) is 6.53. The van der Waals surface area contributed by atoms with Crippen molar-refractivity contribution in [3.05, 3.63) is 142 Å². The van der Waals surface area contributed by atoms with Crippen molar-refractivity contribution in [2.75, 3.05) is 0 Å². The highest BCUT2D eigenvalue weighted by atomic mass is 32.1. The summed E-state index contributed by atoms with van der Waals surface area (Å²) in [6.07, 6.45) is 1.89. The molecule has 0 bridgehead atoms. The molecule has 0 aliphatic rings. The minimum absolute atomic E-state index is 0.943. The average molecular weight is 501 g/mol. The van der Waals surface area contributed by atoms with Gasteiger partial charge in [0.15, 0.2) is 10.0 Å². The molecular weight excluding hydrogens is 477 g/mol. The van der Waals surface area contributed by atoms with Gasteiger partial charge in [0.2, 0.25) is 0 Å². The minimum atomic E-state index is 0.943.